The van der Waals surface area contributed by atoms with Gasteiger partial charge in [-0.3, -0.25) is 9.59 Å². The highest BCUT2D eigenvalue weighted by Gasteiger charge is 2.26. The van der Waals surface area contributed by atoms with Crippen LogP contribution in [0.2, 0.25) is 0 Å². The van der Waals surface area contributed by atoms with E-state index in [1.807, 2.05) is 0 Å². The Kier molecular flexibility index (Phi) is 4.83. The van der Waals surface area contributed by atoms with Gasteiger partial charge < -0.3 is 16.0 Å². The molecule has 1 aromatic carbocycles. The normalized spacial score (nSPS) is 13.3. The number of rotatable bonds is 6. The Morgan fingerprint density at radius 3 is 2.57 bits per heavy atom. The summed E-state index contributed by atoms with van der Waals surface area (Å²) in [5.74, 6) is 2.61. The average molecular weight is 285 g/mol. The van der Waals surface area contributed by atoms with E-state index >= 15 is 0 Å². The molecule has 0 aliphatic heterocycles. The van der Waals surface area contributed by atoms with E-state index in [9.17, 15) is 9.59 Å². The highest BCUT2D eigenvalue weighted by molar-refractivity contribution is 5.96. The SMILES string of the molecule is C#CCN(CC1CC1)C(=O)CNC(=O)c1ccc(N)cc1. The minimum atomic E-state index is -0.296. The molecule has 0 heterocycles. The molecule has 0 atom stereocenters. The third-order valence-corrected chi connectivity index (χ3v) is 3.38. The van der Waals surface area contributed by atoms with Crippen LogP contribution in [-0.2, 0) is 4.79 Å². The largest absolute Gasteiger partial charge is 0.399 e. The lowest BCUT2D eigenvalue weighted by Gasteiger charge is -2.20. The number of carbonyl (C=O) groups excluding carboxylic acids is 2. The molecule has 1 fully saturated rings. The summed E-state index contributed by atoms with van der Waals surface area (Å²) in [5.41, 5.74) is 6.63. The number of terminal acetylenes is 1. The molecule has 1 aliphatic rings. The van der Waals surface area contributed by atoms with Crippen LogP contribution < -0.4 is 11.1 Å². The van der Waals surface area contributed by atoms with Crippen LogP contribution in [0.1, 0.15) is 23.2 Å². The van der Waals surface area contributed by atoms with E-state index in [4.69, 9.17) is 12.2 Å². The second-order valence-corrected chi connectivity index (χ2v) is 5.23. The molecule has 0 spiro atoms. The monoisotopic (exact) mass is 285 g/mol. The lowest BCUT2D eigenvalue weighted by Crippen LogP contribution is -2.41. The first-order valence-electron chi connectivity index (χ1n) is 6.95. The number of hydrogen-bond donors (Lipinski definition) is 2. The molecule has 3 N–H and O–H groups in total. The second-order valence-electron chi connectivity index (χ2n) is 5.23. The Labute approximate surface area is 124 Å². The molecular weight excluding hydrogens is 266 g/mol. The maximum atomic E-state index is 12.1. The fourth-order valence-electron chi connectivity index (χ4n) is 1.98. The van der Waals surface area contributed by atoms with Crippen molar-refractivity contribution in [3.63, 3.8) is 0 Å². The van der Waals surface area contributed by atoms with Crippen molar-refractivity contribution in [3.8, 4) is 12.3 Å². The molecule has 0 aromatic heterocycles. The zero-order chi connectivity index (χ0) is 15.2. The third kappa shape index (κ3) is 4.53. The van der Waals surface area contributed by atoms with Gasteiger partial charge in [-0.05, 0) is 43.0 Å². The molecule has 0 bridgehead atoms. The summed E-state index contributed by atoms with van der Waals surface area (Å²) in [6.45, 7) is 0.922. The van der Waals surface area contributed by atoms with E-state index < -0.39 is 0 Å². The average Bonchev–Trinajstić information content (AvgIpc) is 3.28. The number of benzene rings is 1. The van der Waals surface area contributed by atoms with Gasteiger partial charge in [0.05, 0.1) is 13.1 Å². The minimum Gasteiger partial charge on any atom is -0.399 e. The van der Waals surface area contributed by atoms with Crippen LogP contribution in [-0.4, -0.2) is 36.3 Å². The summed E-state index contributed by atoms with van der Waals surface area (Å²) in [7, 11) is 0. The zero-order valence-corrected chi connectivity index (χ0v) is 11.8. The lowest BCUT2D eigenvalue weighted by atomic mass is 10.2. The van der Waals surface area contributed by atoms with Crippen molar-refractivity contribution in [2.24, 2.45) is 5.92 Å². The highest BCUT2D eigenvalue weighted by Crippen LogP contribution is 2.29. The molecule has 0 unspecified atom stereocenters. The number of anilines is 1. The maximum absolute atomic E-state index is 12.1. The smallest absolute Gasteiger partial charge is 0.251 e. The van der Waals surface area contributed by atoms with Crippen molar-refractivity contribution < 1.29 is 9.59 Å². The Balaban J connectivity index is 1.85. The summed E-state index contributed by atoms with van der Waals surface area (Å²) in [6.07, 6.45) is 7.57. The number of carbonyl (C=O) groups is 2. The van der Waals surface area contributed by atoms with Gasteiger partial charge in [-0.2, -0.15) is 0 Å². The molecule has 1 aliphatic carbocycles. The predicted octanol–water partition coefficient (Wildman–Crippen LogP) is 0.870. The van der Waals surface area contributed by atoms with Gasteiger partial charge in [-0.25, -0.2) is 0 Å². The van der Waals surface area contributed by atoms with E-state index in [1.165, 1.54) is 0 Å². The molecule has 1 saturated carbocycles. The molecular formula is C16H19N3O2. The van der Waals surface area contributed by atoms with Crippen molar-refractivity contribution >= 4 is 17.5 Å². The Morgan fingerprint density at radius 2 is 2.00 bits per heavy atom. The van der Waals surface area contributed by atoms with Crippen LogP contribution in [0.5, 0.6) is 0 Å². The highest BCUT2D eigenvalue weighted by atomic mass is 16.2. The quantitative estimate of drug-likeness (QED) is 0.601. The van der Waals surface area contributed by atoms with Crippen molar-refractivity contribution in [2.75, 3.05) is 25.4 Å². The number of amides is 2. The molecule has 5 nitrogen and oxygen atoms in total. The van der Waals surface area contributed by atoms with Crippen LogP contribution in [0.4, 0.5) is 5.69 Å². The molecule has 21 heavy (non-hydrogen) atoms. The van der Waals surface area contributed by atoms with Crippen LogP contribution in [0.25, 0.3) is 0 Å². The number of nitrogens with two attached hydrogens (primary N) is 1. The fraction of sp³-hybridized carbons (Fsp3) is 0.375. The Hall–Kier alpha value is -2.48. The van der Waals surface area contributed by atoms with Gasteiger partial charge in [-0.15, -0.1) is 6.42 Å². The van der Waals surface area contributed by atoms with Crippen LogP contribution in [0.3, 0.4) is 0 Å². The van der Waals surface area contributed by atoms with Crippen molar-refractivity contribution in [1.29, 1.82) is 0 Å². The number of nitrogen functional groups attached to an aromatic ring is 1. The van der Waals surface area contributed by atoms with E-state index in [-0.39, 0.29) is 24.9 Å². The molecule has 1 aromatic rings. The van der Waals surface area contributed by atoms with Gasteiger partial charge in [0.25, 0.3) is 5.91 Å². The van der Waals surface area contributed by atoms with E-state index in [2.05, 4.69) is 11.2 Å². The topological polar surface area (TPSA) is 75.4 Å². The Bertz CT molecular complexity index is 556. The molecule has 0 saturated heterocycles. The van der Waals surface area contributed by atoms with E-state index in [0.717, 1.165) is 12.8 Å². The lowest BCUT2D eigenvalue weighted by molar-refractivity contribution is -0.129. The van der Waals surface area contributed by atoms with Crippen molar-refractivity contribution in [1.82, 2.24) is 10.2 Å². The standard InChI is InChI=1S/C16H19N3O2/c1-2-9-19(11-12-3-4-12)15(20)10-18-16(21)13-5-7-14(17)8-6-13/h1,5-8,12H,3-4,9-11,17H2,(H,18,21). The molecule has 2 amide bonds. The van der Waals surface area contributed by atoms with Gasteiger partial charge in [0, 0.05) is 17.8 Å². The number of nitrogens with zero attached hydrogens (tertiary/aromatic N) is 1. The third-order valence-electron chi connectivity index (χ3n) is 3.38. The summed E-state index contributed by atoms with van der Waals surface area (Å²) in [6, 6.07) is 6.54. The molecule has 0 radical (unpaired) electrons. The first-order valence-corrected chi connectivity index (χ1v) is 6.95. The second kappa shape index (κ2) is 6.80. The van der Waals surface area contributed by atoms with Crippen LogP contribution >= 0.6 is 0 Å². The van der Waals surface area contributed by atoms with Gasteiger partial charge in [0.1, 0.15) is 0 Å². The summed E-state index contributed by atoms with van der Waals surface area (Å²) >= 11 is 0. The van der Waals surface area contributed by atoms with Crippen LogP contribution in [0.15, 0.2) is 24.3 Å². The zero-order valence-electron chi connectivity index (χ0n) is 11.8. The summed E-state index contributed by atoms with van der Waals surface area (Å²) in [5, 5.41) is 2.61. The molecule has 2 rings (SSSR count). The van der Waals surface area contributed by atoms with Crippen molar-refractivity contribution in [3.05, 3.63) is 29.8 Å². The first kappa shape index (κ1) is 14.9. The Morgan fingerprint density at radius 1 is 1.33 bits per heavy atom. The number of hydrogen-bond acceptors (Lipinski definition) is 3. The van der Waals surface area contributed by atoms with E-state index in [1.54, 1.807) is 29.2 Å². The van der Waals surface area contributed by atoms with Gasteiger partial charge in [0.2, 0.25) is 5.91 Å². The predicted molar refractivity (Wildman–Crippen MR) is 81.3 cm³/mol. The number of nitrogens with one attached hydrogen (secondary N) is 1. The van der Waals surface area contributed by atoms with Gasteiger partial charge >= 0.3 is 0 Å². The minimum absolute atomic E-state index is 0.0440. The van der Waals surface area contributed by atoms with Crippen LogP contribution in [0, 0.1) is 18.3 Å². The fourth-order valence-corrected chi connectivity index (χ4v) is 1.98. The van der Waals surface area contributed by atoms with E-state index in [0.29, 0.717) is 23.7 Å². The molecule has 5 heteroatoms. The summed E-state index contributed by atoms with van der Waals surface area (Å²) in [4.78, 5) is 25.6. The van der Waals surface area contributed by atoms with Gasteiger partial charge in [0.15, 0.2) is 0 Å². The van der Waals surface area contributed by atoms with Gasteiger partial charge in [-0.1, -0.05) is 5.92 Å². The first-order chi connectivity index (χ1) is 10.1. The molecule has 110 valence electrons. The maximum Gasteiger partial charge on any atom is 0.251 e. The van der Waals surface area contributed by atoms with Crippen molar-refractivity contribution in [2.45, 2.75) is 12.8 Å². The summed E-state index contributed by atoms with van der Waals surface area (Å²) < 4.78 is 0.